The monoisotopic (exact) mass is 503 g/mol. The van der Waals surface area contributed by atoms with Gasteiger partial charge in [0.05, 0.1) is 5.69 Å². The second-order valence-electron chi connectivity index (χ2n) is 8.85. The van der Waals surface area contributed by atoms with Gasteiger partial charge in [0.1, 0.15) is 5.54 Å². The SMILES string of the molecule is CNC(=O)[C@](CSc1cccc(Cl)c1)(Cc1ccc(NO)cc1CC(C)C)N1C(=O)CCC1=O. The molecule has 1 fully saturated rings. The first-order chi connectivity index (χ1) is 16.2. The molecule has 1 aliphatic rings. The molecule has 3 amide bonds. The van der Waals surface area contributed by atoms with E-state index in [-0.39, 0.29) is 36.8 Å². The molecule has 2 aromatic rings. The number of carbonyl (C=O) groups is 3. The van der Waals surface area contributed by atoms with Gasteiger partial charge in [0.2, 0.25) is 17.7 Å². The van der Waals surface area contributed by atoms with Crippen LogP contribution in [0.25, 0.3) is 0 Å². The lowest BCUT2D eigenvalue weighted by Crippen LogP contribution is -2.63. The molecule has 3 N–H and O–H groups in total. The molecule has 1 aliphatic heterocycles. The zero-order chi connectivity index (χ0) is 24.9. The first-order valence-corrected chi connectivity index (χ1v) is 12.5. The number of nitrogens with one attached hydrogen (secondary N) is 2. The van der Waals surface area contributed by atoms with Crippen molar-refractivity contribution in [3.63, 3.8) is 0 Å². The number of anilines is 1. The van der Waals surface area contributed by atoms with Crippen LogP contribution in [0.15, 0.2) is 47.4 Å². The molecular weight excluding hydrogens is 474 g/mol. The fourth-order valence-electron chi connectivity index (χ4n) is 4.30. The lowest BCUT2D eigenvalue weighted by atomic mass is 9.85. The molecule has 0 unspecified atom stereocenters. The third kappa shape index (κ3) is 5.74. The number of likely N-dealkylation sites (tertiary alicyclic amines) is 1. The van der Waals surface area contributed by atoms with E-state index in [9.17, 15) is 19.6 Å². The molecule has 0 bridgehead atoms. The van der Waals surface area contributed by atoms with Gasteiger partial charge >= 0.3 is 0 Å². The highest BCUT2D eigenvalue weighted by atomic mass is 35.5. The number of carbonyl (C=O) groups excluding carboxylic acids is 3. The van der Waals surface area contributed by atoms with Crippen molar-refractivity contribution >= 4 is 46.8 Å². The zero-order valence-electron chi connectivity index (χ0n) is 19.6. The van der Waals surface area contributed by atoms with Crippen LogP contribution in [-0.4, -0.2) is 46.2 Å². The Hall–Kier alpha value is -2.55. The Bertz CT molecular complexity index is 1060. The van der Waals surface area contributed by atoms with Crippen LogP contribution in [0.1, 0.15) is 37.8 Å². The maximum Gasteiger partial charge on any atom is 0.247 e. The molecule has 9 heteroatoms. The van der Waals surface area contributed by atoms with Gasteiger partial charge in [-0.2, -0.15) is 0 Å². The molecule has 3 rings (SSSR count). The number of imide groups is 1. The largest absolute Gasteiger partial charge is 0.357 e. The standard InChI is InChI=1S/C25H30ClN3O4S/c1-16(2)11-18-12-20(28-33)8-7-17(18)14-25(24(32)27-3,29-22(30)9-10-23(29)31)15-34-21-6-4-5-19(26)13-21/h4-8,12-13,16,28,33H,9-11,14-15H2,1-3H3,(H,27,32)/t25-/m1/s1. The lowest BCUT2D eigenvalue weighted by Gasteiger charge is -2.39. The molecule has 2 aromatic carbocycles. The predicted molar refractivity (Wildman–Crippen MR) is 134 cm³/mol. The molecule has 7 nitrogen and oxygen atoms in total. The van der Waals surface area contributed by atoms with Crippen LogP contribution in [0.3, 0.4) is 0 Å². The second kappa shape index (κ2) is 11.3. The summed E-state index contributed by atoms with van der Waals surface area (Å²) < 4.78 is 0. The first-order valence-electron chi connectivity index (χ1n) is 11.2. The summed E-state index contributed by atoms with van der Waals surface area (Å²) in [5.41, 5.74) is 3.06. The summed E-state index contributed by atoms with van der Waals surface area (Å²) in [5.74, 6) is -0.604. The molecular formula is C25H30ClN3O4S. The van der Waals surface area contributed by atoms with Gasteiger partial charge in [-0.15, -0.1) is 11.8 Å². The third-order valence-electron chi connectivity index (χ3n) is 5.85. The Morgan fingerprint density at radius 3 is 2.44 bits per heavy atom. The van der Waals surface area contributed by atoms with Crippen LogP contribution in [-0.2, 0) is 27.2 Å². The predicted octanol–water partition coefficient (Wildman–Crippen LogP) is 4.31. The highest BCUT2D eigenvalue weighted by molar-refractivity contribution is 7.99. The summed E-state index contributed by atoms with van der Waals surface area (Å²) in [7, 11) is 1.51. The Labute approximate surface area is 209 Å². The Morgan fingerprint density at radius 2 is 1.85 bits per heavy atom. The minimum Gasteiger partial charge on any atom is -0.357 e. The van der Waals surface area contributed by atoms with Crippen LogP contribution in [0.2, 0.25) is 5.02 Å². The third-order valence-corrected chi connectivity index (χ3v) is 7.29. The molecule has 1 atom stereocenters. The van der Waals surface area contributed by atoms with E-state index in [1.54, 1.807) is 18.2 Å². The van der Waals surface area contributed by atoms with Crippen LogP contribution in [0, 0.1) is 5.92 Å². The van der Waals surface area contributed by atoms with Gasteiger partial charge in [-0.25, -0.2) is 0 Å². The number of thioether (sulfide) groups is 1. The summed E-state index contributed by atoms with van der Waals surface area (Å²) in [5, 5.41) is 12.7. The van der Waals surface area contributed by atoms with Gasteiger partial charge in [0.15, 0.2) is 0 Å². The van der Waals surface area contributed by atoms with Gasteiger partial charge < -0.3 is 5.32 Å². The molecule has 0 saturated carbocycles. The van der Waals surface area contributed by atoms with E-state index in [1.165, 1.54) is 23.7 Å². The number of hydrogen-bond acceptors (Lipinski definition) is 6. The molecule has 0 aromatic heterocycles. The van der Waals surface area contributed by atoms with Crippen molar-refractivity contribution in [1.29, 1.82) is 0 Å². The Balaban J connectivity index is 2.11. The zero-order valence-corrected chi connectivity index (χ0v) is 21.1. The molecule has 0 aliphatic carbocycles. The first kappa shape index (κ1) is 26.1. The summed E-state index contributed by atoms with van der Waals surface area (Å²) in [6.07, 6.45) is 1.04. The number of likely N-dealkylation sites (N-methyl/N-ethyl adjacent to an activating group) is 1. The number of benzene rings is 2. The highest BCUT2D eigenvalue weighted by Gasteiger charge is 2.51. The normalized spacial score (nSPS) is 15.5. The topological polar surface area (TPSA) is 98.7 Å². The van der Waals surface area contributed by atoms with Gasteiger partial charge in [-0.1, -0.05) is 37.6 Å². The molecule has 1 heterocycles. The molecule has 1 saturated heterocycles. The van der Waals surface area contributed by atoms with Crippen LogP contribution in [0.5, 0.6) is 0 Å². The average Bonchev–Trinajstić information content (AvgIpc) is 3.15. The van der Waals surface area contributed by atoms with E-state index >= 15 is 0 Å². The minimum absolute atomic E-state index is 0.0889. The smallest absolute Gasteiger partial charge is 0.247 e. The van der Waals surface area contributed by atoms with Gasteiger partial charge in [0, 0.05) is 42.0 Å². The van der Waals surface area contributed by atoms with Crippen molar-refractivity contribution in [1.82, 2.24) is 10.2 Å². The van der Waals surface area contributed by atoms with Crippen molar-refractivity contribution in [2.24, 2.45) is 5.92 Å². The van der Waals surface area contributed by atoms with E-state index < -0.39 is 11.4 Å². The van der Waals surface area contributed by atoms with Crippen LogP contribution in [0.4, 0.5) is 5.69 Å². The highest BCUT2D eigenvalue weighted by Crippen LogP contribution is 2.36. The molecule has 34 heavy (non-hydrogen) atoms. The number of hydrogen-bond donors (Lipinski definition) is 3. The molecule has 0 radical (unpaired) electrons. The average molecular weight is 504 g/mol. The van der Waals surface area contributed by atoms with Crippen molar-refractivity contribution in [2.75, 3.05) is 18.3 Å². The minimum atomic E-state index is -1.42. The number of rotatable bonds is 10. The summed E-state index contributed by atoms with van der Waals surface area (Å²) in [4.78, 5) is 41.4. The Kier molecular flexibility index (Phi) is 8.62. The van der Waals surface area contributed by atoms with Gasteiger partial charge in [-0.05, 0) is 53.8 Å². The van der Waals surface area contributed by atoms with E-state index in [4.69, 9.17) is 11.6 Å². The fraction of sp³-hybridized carbons (Fsp3) is 0.400. The lowest BCUT2D eigenvalue weighted by molar-refractivity contribution is -0.152. The van der Waals surface area contributed by atoms with Crippen molar-refractivity contribution in [3.05, 3.63) is 58.6 Å². The molecule has 0 spiro atoms. The summed E-state index contributed by atoms with van der Waals surface area (Å²) in [6, 6.07) is 12.6. The van der Waals surface area contributed by atoms with E-state index in [0.29, 0.717) is 23.0 Å². The Morgan fingerprint density at radius 1 is 1.15 bits per heavy atom. The summed E-state index contributed by atoms with van der Waals surface area (Å²) >= 11 is 7.53. The number of nitrogens with zero attached hydrogens (tertiary/aromatic N) is 1. The van der Waals surface area contributed by atoms with Crippen molar-refractivity contribution < 1.29 is 19.6 Å². The van der Waals surface area contributed by atoms with E-state index in [1.807, 2.05) is 24.3 Å². The maximum atomic E-state index is 13.5. The van der Waals surface area contributed by atoms with Crippen LogP contribution < -0.4 is 10.8 Å². The molecule has 182 valence electrons. The van der Waals surface area contributed by atoms with Crippen molar-refractivity contribution in [2.45, 2.75) is 50.0 Å². The second-order valence-corrected chi connectivity index (χ2v) is 10.3. The quantitative estimate of drug-likeness (QED) is 0.254. The van der Waals surface area contributed by atoms with E-state index in [0.717, 1.165) is 16.0 Å². The number of halogens is 1. The summed E-state index contributed by atoms with van der Waals surface area (Å²) in [6.45, 7) is 4.16. The number of amides is 3. The van der Waals surface area contributed by atoms with Crippen LogP contribution >= 0.6 is 23.4 Å². The van der Waals surface area contributed by atoms with Crippen molar-refractivity contribution in [3.8, 4) is 0 Å². The van der Waals surface area contributed by atoms with Gasteiger partial charge in [-0.3, -0.25) is 30.0 Å². The van der Waals surface area contributed by atoms with Gasteiger partial charge in [0.25, 0.3) is 0 Å². The maximum absolute atomic E-state index is 13.5. The van der Waals surface area contributed by atoms with E-state index in [2.05, 4.69) is 24.6 Å². The fourth-order valence-corrected chi connectivity index (χ4v) is 5.71.